The number of anilines is 1. The molecule has 0 saturated carbocycles. The zero-order valence-electron chi connectivity index (χ0n) is 14.4. The molecule has 0 unspecified atom stereocenters. The van der Waals surface area contributed by atoms with E-state index in [1.807, 2.05) is 19.9 Å². The van der Waals surface area contributed by atoms with E-state index >= 15 is 0 Å². The maximum Gasteiger partial charge on any atom is 0.225 e. The fourth-order valence-electron chi connectivity index (χ4n) is 2.16. The molecule has 1 amide bonds. The van der Waals surface area contributed by atoms with Crippen LogP contribution in [0.1, 0.15) is 34.1 Å². The molecule has 1 aromatic rings. The fourth-order valence-corrected chi connectivity index (χ4v) is 3.35. The first-order valence-electron chi connectivity index (χ1n) is 7.63. The molecule has 0 aliphatic rings. The third-order valence-electron chi connectivity index (χ3n) is 3.09. The van der Waals surface area contributed by atoms with Crippen LogP contribution in [-0.2, 0) is 14.8 Å². The van der Waals surface area contributed by atoms with Crippen molar-refractivity contribution in [2.24, 2.45) is 0 Å². The second-order valence-electron chi connectivity index (χ2n) is 5.93. The molecule has 0 atom stereocenters. The van der Waals surface area contributed by atoms with E-state index in [-0.39, 0.29) is 31.0 Å². The van der Waals surface area contributed by atoms with Crippen molar-refractivity contribution in [3.05, 3.63) is 24.3 Å². The smallest absolute Gasteiger partial charge is 0.225 e. The molecule has 0 fully saturated rings. The quantitative estimate of drug-likeness (QED) is 0.787. The van der Waals surface area contributed by atoms with E-state index in [9.17, 15) is 13.2 Å². The number of sulfonamides is 1. The van der Waals surface area contributed by atoms with Crippen LogP contribution >= 0.6 is 0 Å². The molecule has 1 N–H and O–H groups in total. The molecule has 0 radical (unpaired) electrons. The van der Waals surface area contributed by atoms with Crippen LogP contribution < -0.4 is 10.1 Å². The van der Waals surface area contributed by atoms with Gasteiger partial charge in [-0.2, -0.15) is 4.31 Å². The summed E-state index contributed by atoms with van der Waals surface area (Å²) < 4.78 is 30.3. The second-order valence-corrected chi connectivity index (χ2v) is 7.86. The van der Waals surface area contributed by atoms with E-state index in [4.69, 9.17) is 4.74 Å². The molecule has 0 aliphatic heterocycles. The van der Waals surface area contributed by atoms with Crippen LogP contribution in [0.3, 0.4) is 0 Å². The SMILES string of the molecule is CC(C)Oc1ccccc1NC(=O)CCN(C(C)C)S(C)(=O)=O. The van der Waals surface area contributed by atoms with E-state index < -0.39 is 10.0 Å². The summed E-state index contributed by atoms with van der Waals surface area (Å²) in [5.74, 6) is 0.346. The van der Waals surface area contributed by atoms with Crippen LogP contribution in [0.2, 0.25) is 0 Å². The van der Waals surface area contributed by atoms with Gasteiger partial charge in [0.1, 0.15) is 5.75 Å². The molecule has 0 aromatic heterocycles. The van der Waals surface area contributed by atoms with Gasteiger partial charge in [-0.25, -0.2) is 8.42 Å². The van der Waals surface area contributed by atoms with Crippen molar-refractivity contribution in [1.29, 1.82) is 0 Å². The van der Waals surface area contributed by atoms with Crippen molar-refractivity contribution >= 4 is 21.6 Å². The minimum absolute atomic E-state index is 0.00489. The molecule has 0 saturated heterocycles. The number of ether oxygens (including phenoxy) is 1. The predicted molar refractivity (Wildman–Crippen MR) is 92.1 cm³/mol. The van der Waals surface area contributed by atoms with E-state index in [1.165, 1.54) is 4.31 Å². The monoisotopic (exact) mass is 342 g/mol. The molecule has 1 rings (SSSR count). The first-order chi connectivity index (χ1) is 10.6. The molecule has 0 bridgehead atoms. The van der Waals surface area contributed by atoms with E-state index in [0.717, 1.165) is 6.26 Å². The van der Waals surface area contributed by atoms with Crippen LogP contribution in [-0.4, -0.2) is 43.6 Å². The molecule has 1 aromatic carbocycles. The fraction of sp³-hybridized carbons (Fsp3) is 0.562. The average molecular weight is 342 g/mol. The Hall–Kier alpha value is -1.60. The van der Waals surface area contributed by atoms with Gasteiger partial charge in [0.15, 0.2) is 0 Å². The molecule has 23 heavy (non-hydrogen) atoms. The molecule has 6 nitrogen and oxygen atoms in total. The highest BCUT2D eigenvalue weighted by Crippen LogP contribution is 2.25. The summed E-state index contributed by atoms with van der Waals surface area (Å²) in [7, 11) is -3.33. The Morgan fingerprint density at radius 2 is 1.83 bits per heavy atom. The maximum atomic E-state index is 12.1. The lowest BCUT2D eigenvalue weighted by Gasteiger charge is -2.23. The number of para-hydroxylation sites is 2. The Balaban J connectivity index is 2.71. The normalized spacial score (nSPS) is 12.0. The molecule has 7 heteroatoms. The van der Waals surface area contributed by atoms with Crippen LogP contribution in [0.15, 0.2) is 24.3 Å². The third kappa shape index (κ3) is 6.58. The summed E-state index contributed by atoms with van der Waals surface area (Å²) in [5, 5.41) is 2.78. The number of nitrogens with zero attached hydrogens (tertiary/aromatic N) is 1. The van der Waals surface area contributed by atoms with Crippen LogP contribution in [0.5, 0.6) is 5.75 Å². The summed E-state index contributed by atoms with van der Waals surface area (Å²) in [5.41, 5.74) is 0.585. The highest BCUT2D eigenvalue weighted by atomic mass is 32.2. The van der Waals surface area contributed by atoms with E-state index in [2.05, 4.69) is 5.32 Å². The van der Waals surface area contributed by atoms with Gasteiger partial charge >= 0.3 is 0 Å². The van der Waals surface area contributed by atoms with Gasteiger partial charge in [0, 0.05) is 19.0 Å². The van der Waals surface area contributed by atoms with Gasteiger partial charge in [-0.3, -0.25) is 4.79 Å². The standard InChI is InChI=1S/C16H26N2O4S/c1-12(2)18(23(5,20)21)11-10-16(19)17-14-8-6-7-9-15(14)22-13(3)4/h6-9,12-13H,10-11H2,1-5H3,(H,17,19). The highest BCUT2D eigenvalue weighted by Gasteiger charge is 2.21. The molecule has 130 valence electrons. The van der Waals surface area contributed by atoms with Gasteiger partial charge in [0.05, 0.1) is 18.0 Å². The largest absolute Gasteiger partial charge is 0.489 e. The Labute approximate surface area is 138 Å². The topological polar surface area (TPSA) is 75.7 Å². The number of nitrogens with one attached hydrogen (secondary N) is 1. The van der Waals surface area contributed by atoms with Gasteiger partial charge in [-0.15, -0.1) is 0 Å². The lowest BCUT2D eigenvalue weighted by atomic mass is 10.2. The minimum atomic E-state index is -3.33. The Kier molecular flexibility index (Phi) is 7.02. The Morgan fingerprint density at radius 3 is 2.35 bits per heavy atom. The zero-order chi connectivity index (χ0) is 17.6. The number of amides is 1. The molecular weight excluding hydrogens is 316 g/mol. The van der Waals surface area contributed by atoms with Crippen molar-refractivity contribution < 1.29 is 17.9 Å². The minimum Gasteiger partial charge on any atom is -0.489 e. The highest BCUT2D eigenvalue weighted by molar-refractivity contribution is 7.88. The van der Waals surface area contributed by atoms with Gasteiger partial charge in [0.25, 0.3) is 0 Å². The van der Waals surface area contributed by atoms with Crippen molar-refractivity contribution in [3.8, 4) is 5.75 Å². The van der Waals surface area contributed by atoms with Crippen molar-refractivity contribution in [2.45, 2.75) is 46.3 Å². The lowest BCUT2D eigenvalue weighted by Crippen LogP contribution is -2.38. The zero-order valence-corrected chi connectivity index (χ0v) is 15.2. The van der Waals surface area contributed by atoms with E-state index in [0.29, 0.717) is 11.4 Å². The molecule has 0 heterocycles. The van der Waals surface area contributed by atoms with Gasteiger partial charge in [0.2, 0.25) is 15.9 Å². The average Bonchev–Trinajstić information content (AvgIpc) is 2.38. The number of hydrogen-bond acceptors (Lipinski definition) is 4. The van der Waals surface area contributed by atoms with Crippen LogP contribution in [0.4, 0.5) is 5.69 Å². The Bertz CT molecular complexity index is 627. The first kappa shape index (κ1) is 19.4. The number of carbonyl (C=O) groups is 1. The van der Waals surface area contributed by atoms with Gasteiger partial charge in [-0.1, -0.05) is 12.1 Å². The number of carbonyl (C=O) groups excluding carboxylic acids is 1. The summed E-state index contributed by atoms with van der Waals surface area (Å²) in [4.78, 5) is 12.1. The number of rotatable bonds is 8. The number of hydrogen-bond donors (Lipinski definition) is 1. The lowest BCUT2D eigenvalue weighted by molar-refractivity contribution is -0.116. The predicted octanol–water partition coefficient (Wildman–Crippen LogP) is 2.47. The van der Waals surface area contributed by atoms with Crippen molar-refractivity contribution in [3.63, 3.8) is 0 Å². The van der Waals surface area contributed by atoms with Crippen molar-refractivity contribution in [2.75, 3.05) is 18.1 Å². The molecule has 0 aliphatic carbocycles. The summed E-state index contributed by atoms with van der Waals surface area (Å²) in [6, 6.07) is 6.99. The third-order valence-corrected chi connectivity index (χ3v) is 4.54. The summed E-state index contributed by atoms with van der Waals surface area (Å²) >= 11 is 0. The first-order valence-corrected chi connectivity index (χ1v) is 9.48. The van der Waals surface area contributed by atoms with E-state index in [1.54, 1.807) is 32.0 Å². The summed E-state index contributed by atoms with van der Waals surface area (Å²) in [6.45, 7) is 7.53. The van der Waals surface area contributed by atoms with Gasteiger partial charge < -0.3 is 10.1 Å². The number of benzene rings is 1. The van der Waals surface area contributed by atoms with Gasteiger partial charge in [-0.05, 0) is 39.8 Å². The summed E-state index contributed by atoms with van der Waals surface area (Å²) in [6.07, 6.45) is 1.23. The van der Waals surface area contributed by atoms with Crippen LogP contribution in [0.25, 0.3) is 0 Å². The second kappa shape index (κ2) is 8.31. The maximum absolute atomic E-state index is 12.1. The molecule has 0 spiro atoms. The van der Waals surface area contributed by atoms with Crippen LogP contribution in [0, 0.1) is 0 Å². The van der Waals surface area contributed by atoms with Crippen molar-refractivity contribution in [1.82, 2.24) is 4.31 Å². The molecular formula is C16H26N2O4S. The Morgan fingerprint density at radius 1 is 1.22 bits per heavy atom.